The Kier molecular flexibility index (Phi) is 5.68. The molecule has 146 valence electrons. The molecule has 1 heterocycles. The number of ether oxygens (including phenoxy) is 1. The average Bonchev–Trinajstić information content (AvgIpc) is 2.77. The fourth-order valence-corrected chi connectivity index (χ4v) is 3.48. The number of nitrogens with one attached hydrogen (secondary N) is 3. The number of fused-ring (bicyclic) bond motifs is 1. The van der Waals surface area contributed by atoms with E-state index in [1.165, 1.54) is 5.56 Å². The third kappa shape index (κ3) is 4.52. The predicted molar refractivity (Wildman–Crippen MR) is 115 cm³/mol. The Morgan fingerprint density at radius 1 is 1.03 bits per heavy atom. The third-order valence-corrected chi connectivity index (χ3v) is 4.99. The van der Waals surface area contributed by atoms with E-state index in [0.717, 1.165) is 17.7 Å². The second-order valence-corrected chi connectivity index (χ2v) is 7.04. The molecule has 0 spiro atoms. The van der Waals surface area contributed by atoms with Crippen molar-refractivity contribution in [2.45, 2.75) is 12.5 Å². The summed E-state index contributed by atoms with van der Waals surface area (Å²) in [6.07, 6.45) is 0. The van der Waals surface area contributed by atoms with Crippen molar-refractivity contribution in [3.63, 3.8) is 0 Å². The second-order valence-electron chi connectivity index (χ2n) is 7.04. The summed E-state index contributed by atoms with van der Waals surface area (Å²) >= 11 is 0. The highest BCUT2D eigenvalue weighted by atomic mass is 16.5. The standard InChI is InChI=1S/C24H23N3O2/c25-24(19-11-12-22-21(13-19)27-23(28)16-29-22)20(18-9-5-2-6-10-18)15-26-14-17-7-3-1-4-8-17/h1-13,20,25-26H,14-16H2,(H,27,28). The molecule has 0 aliphatic carbocycles. The molecule has 5 heteroatoms. The summed E-state index contributed by atoms with van der Waals surface area (Å²) in [7, 11) is 0. The minimum atomic E-state index is -0.176. The Hall–Kier alpha value is -3.44. The van der Waals surface area contributed by atoms with Gasteiger partial charge in [-0.1, -0.05) is 60.7 Å². The Labute approximate surface area is 170 Å². The number of carbonyl (C=O) groups is 1. The lowest BCUT2D eigenvalue weighted by Gasteiger charge is -2.22. The van der Waals surface area contributed by atoms with E-state index in [2.05, 4.69) is 22.8 Å². The molecular formula is C24H23N3O2. The van der Waals surface area contributed by atoms with Gasteiger partial charge >= 0.3 is 0 Å². The maximum atomic E-state index is 11.6. The van der Waals surface area contributed by atoms with Gasteiger partial charge in [0.05, 0.1) is 5.69 Å². The number of benzene rings is 3. The Bertz CT molecular complexity index is 1000. The largest absolute Gasteiger partial charge is 0.482 e. The molecule has 0 saturated carbocycles. The zero-order chi connectivity index (χ0) is 20.1. The van der Waals surface area contributed by atoms with Crippen molar-refractivity contribution in [3.8, 4) is 5.75 Å². The second kappa shape index (κ2) is 8.71. The molecule has 1 atom stereocenters. The first-order valence-electron chi connectivity index (χ1n) is 9.66. The van der Waals surface area contributed by atoms with Gasteiger partial charge in [-0.05, 0) is 34.9 Å². The number of anilines is 1. The Morgan fingerprint density at radius 3 is 2.52 bits per heavy atom. The topological polar surface area (TPSA) is 74.2 Å². The van der Waals surface area contributed by atoms with E-state index in [1.54, 1.807) is 0 Å². The van der Waals surface area contributed by atoms with Crippen molar-refractivity contribution in [2.24, 2.45) is 0 Å². The molecule has 0 bridgehead atoms. The number of rotatable bonds is 7. The summed E-state index contributed by atoms with van der Waals surface area (Å²) in [6.45, 7) is 1.41. The Balaban J connectivity index is 1.55. The highest BCUT2D eigenvalue weighted by Crippen LogP contribution is 2.30. The van der Waals surface area contributed by atoms with Crippen LogP contribution in [0.25, 0.3) is 0 Å². The maximum absolute atomic E-state index is 11.6. The van der Waals surface area contributed by atoms with Gasteiger partial charge in [0.1, 0.15) is 5.75 Å². The SMILES string of the molecule is N=C(c1ccc2c(c1)NC(=O)CO2)C(CNCc1ccccc1)c1ccccc1. The van der Waals surface area contributed by atoms with Crippen molar-refractivity contribution in [1.29, 1.82) is 5.41 Å². The van der Waals surface area contributed by atoms with E-state index in [0.29, 0.717) is 23.7 Å². The summed E-state index contributed by atoms with van der Waals surface area (Å²) in [5.74, 6) is 0.350. The molecule has 3 aromatic carbocycles. The van der Waals surface area contributed by atoms with Crippen molar-refractivity contribution >= 4 is 17.3 Å². The van der Waals surface area contributed by atoms with E-state index < -0.39 is 0 Å². The van der Waals surface area contributed by atoms with Crippen LogP contribution >= 0.6 is 0 Å². The van der Waals surface area contributed by atoms with Crippen LogP contribution in [-0.4, -0.2) is 24.8 Å². The zero-order valence-electron chi connectivity index (χ0n) is 16.0. The van der Waals surface area contributed by atoms with E-state index in [9.17, 15) is 4.79 Å². The highest BCUT2D eigenvalue weighted by molar-refractivity contribution is 6.05. The van der Waals surface area contributed by atoms with Crippen LogP contribution in [0.3, 0.4) is 0 Å². The quantitative estimate of drug-likeness (QED) is 0.539. The molecule has 5 nitrogen and oxygen atoms in total. The van der Waals surface area contributed by atoms with E-state index in [-0.39, 0.29) is 18.4 Å². The van der Waals surface area contributed by atoms with Gasteiger partial charge in [-0.25, -0.2) is 0 Å². The van der Waals surface area contributed by atoms with Gasteiger partial charge in [0, 0.05) is 24.7 Å². The van der Waals surface area contributed by atoms with Crippen LogP contribution in [-0.2, 0) is 11.3 Å². The molecule has 29 heavy (non-hydrogen) atoms. The van der Waals surface area contributed by atoms with Crippen LogP contribution in [0.15, 0.2) is 78.9 Å². The van der Waals surface area contributed by atoms with Gasteiger partial charge in [0.15, 0.2) is 6.61 Å². The fourth-order valence-electron chi connectivity index (χ4n) is 3.48. The average molecular weight is 385 g/mol. The summed E-state index contributed by atoms with van der Waals surface area (Å²) in [5.41, 5.74) is 4.17. The van der Waals surface area contributed by atoms with Crippen LogP contribution in [0.1, 0.15) is 22.6 Å². The molecule has 0 radical (unpaired) electrons. The fraction of sp³-hybridized carbons (Fsp3) is 0.167. The molecular weight excluding hydrogens is 362 g/mol. The smallest absolute Gasteiger partial charge is 0.262 e. The van der Waals surface area contributed by atoms with E-state index in [4.69, 9.17) is 10.1 Å². The normalized spacial score (nSPS) is 13.7. The molecule has 1 unspecified atom stereocenters. The summed E-state index contributed by atoms with van der Waals surface area (Å²) in [6, 6.07) is 25.8. The van der Waals surface area contributed by atoms with Gasteiger partial charge in [0.25, 0.3) is 5.91 Å². The van der Waals surface area contributed by atoms with Crippen LogP contribution in [0.5, 0.6) is 5.75 Å². The van der Waals surface area contributed by atoms with Crippen molar-refractivity contribution in [2.75, 3.05) is 18.5 Å². The van der Waals surface area contributed by atoms with E-state index in [1.807, 2.05) is 66.7 Å². The maximum Gasteiger partial charge on any atom is 0.262 e. The summed E-state index contributed by atoms with van der Waals surface area (Å²) < 4.78 is 5.43. The lowest BCUT2D eigenvalue weighted by Crippen LogP contribution is -2.28. The molecule has 3 N–H and O–H groups in total. The first-order valence-corrected chi connectivity index (χ1v) is 9.66. The van der Waals surface area contributed by atoms with Crippen molar-refractivity contribution < 1.29 is 9.53 Å². The third-order valence-electron chi connectivity index (χ3n) is 4.99. The summed E-state index contributed by atoms with van der Waals surface area (Å²) in [5, 5.41) is 15.2. The number of carbonyl (C=O) groups excluding carboxylic acids is 1. The number of hydrogen-bond acceptors (Lipinski definition) is 4. The van der Waals surface area contributed by atoms with E-state index >= 15 is 0 Å². The molecule has 0 fully saturated rings. The van der Waals surface area contributed by atoms with Gasteiger partial charge < -0.3 is 20.8 Å². The molecule has 1 aliphatic rings. The predicted octanol–water partition coefficient (Wildman–Crippen LogP) is 3.96. The lowest BCUT2D eigenvalue weighted by molar-refractivity contribution is -0.118. The van der Waals surface area contributed by atoms with Crippen LogP contribution < -0.4 is 15.4 Å². The molecule has 1 amide bonds. The van der Waals surface area contributed by atoms with Gasteiger partial charge in [-0.2, -0.15) is 0 Å². The lowest BCUT2D eigenvalue weighted by atomic mass is 9.89. The van der Waals surface area contributed by atoms with Crippen molar-refractivity contribution in [1.82, 2.24) is 5.32 Å². The number of hydrogen-bond donors (Lipinski definition) is 3. The van der Waals surface area contributed by atoms with Gasteiger partial charge in [-0.3, -0.25) is 4.79 Å². The summed E-state index contributed by atoms with van der Waals surface area (Å²) in [4.78, 5) is 11.6. The molecule has 4 rings (SSSR count). The van der Waals surface area contributed by atoms with Crippen LogP contribution in [0.4, 0.5) is 5.69 Å². The van der Waals surface area contributed by atoms with Gasteiger partial charge in [-0.15, -0.1) is 0 Å². The number of amides is 1. The monoisotopic (exact) mass is 385 g/mol. The van der Waals surface area contributed by atoms with Crippen LogP contribution in [0.2, 0.25) is 0 Å². The van der Waals surface area contributed by atoms with Gasteiger partial charge in [0.2, 0.25) is 0 Å². The first kappa shape index (κ1) is 18.9. The molecule has 1 aliphatic heterocycles. The minimum absolute atomic E-state index is 0.0276. The zero-order valence-corrected chi connectivity index (χ0v) is 16.0. The molecule has 0 saturated heterocycles. The minimum Gasteiger partial charge on any atom is -0.482 e. The van der Waals surface area contributed by atoms with Crippen molar-refractivity contribution in [3.05, 3.63) is 95.6 Å². The highest BCUT2D eigenvalue weighted by Gasteiger charge is 2.21. The molecule has 0 aromatic heterocycles. The Morgan fingerprint density at radius 2 is 1.76 bits per heavy atom. The molecule has 3 aromatic rings. The van der Waals surface area contributed by atoms with Crippen LogP contribution in [0, 0.1) is 5.41 Å². The first-order chi connectivity index (χ1) is 14.2.